The van der Waals surface area contributed by atoms with Crippen molar-refractivity contribution in [3.63, 3.8) is 0 Å². The lowest BCUT2D eigenvalue weighted by Crippen LogP contribution is -2.49. The monoisotopic (exact) mass is 911 g/mol. The second kappa shape index (κ2) is 17.3. The summed E-state index contributed by atoms with van der Waals surface area (Å²) in [5, 5.41) is 70.7. The Labute approximate surface area is 371 Å². The number of ketones is 1. The van der Waals surface area contributed by atoms with Gasteiger partial charge in [-0.2, -0.15) is 0 Å². The van der Waals surface area contributed by atoms with E-state index in [0.717, 1.165) is 0 Å². The number of sulfone groups is 1. The molecule has 14 N–H and O–H groups in total. The predicted octanol–water partition coefficient (Wildman–Crippen LogP) is 4.69. The number of fused-ring (bicyclic) bond motifs is 2. The van der Waals surface area contributed by atoms with Crippen LogP contribution in [0.3, 0.4) is 0 Å². The molecule has 18 heteroatoms. The average molecular weight is 912 g/mol. The first-order valence-electron chi connectivity index (χ1n) is 19.9. The number of benzene rings is 4. The Balaban J connectivity index is 1.52. The number of aryl methyl sites for hydroxylation is 2. The number of phenols is 2. The van der Waals surface area contributed by atoms with Gasteiger partial charge in [0.2, 0.25) is 5.78 Å². The number of nitrogens with one attached hydrogen (secondary N) is 3. The van der Waals surface area contributed by atoms with Crippen LogP contribution in [0, 0.1) is 25.7 Å². The number of anilines is 2. The van der Waals surface area contributed by atoms with Crippen molar-refractivity contribution in [2.75, 3.05) is 16.4 Å². The third-order valence-corrected chi connectivity index (χ3v) is 14.0. The molecule has 0 fully saturated rings. The third kappa shape index (κ3) is 8.54. The molecule has 4 aromatic carbocycles. The Morgan fingerprint density at radius 2 is 1.22 bits per heavy atom. The Morgan fingerprint density at radius 1 is 0.750 bits per heavy atom. The fourth-order valence-electron chi connectivity index (χ4n) is 8.10. The minimum absolute atomic E-state index is 0.0406. The Kier molecular flexibility index (Phi) is 12.5. The van der Waals surface area contributed by atoms with Gasteiger partial charge in [-0.05, 0) is 96.5 Å². The maximum Gasteiger partial charge on any atom is 0.262 e. The summed E-state index contributed by atoms with van der Waals surface area (Å²) in [4.78, 5) is 13.9. The molecule has 64 heavy (non-hydrogen) atoms. The fraction of sp³-hybridized carbons (Fsp3) is 0.217. The minimum Gasteiger partial charge on any atom is -0.509 e. The van der Waals surface area contributed by atoms with Crippen LogP contribution in [-0.2, 0) is 24.7 Å². The summed E-state index contributed by atoms with van der Waals surface area (Å²) < 4.78 is 52.6. The highest BCUT2D eigenvalue weighted by atomic mass is 32.2. The molecular formula is C46H51N6O10S2+. The van der Waals surface area contributed by atoms with Crippen LogP contribution in [0.25, 0.3) is 33.4 Å². The largest absolute Gasteiger partial charge is 0.509 e. The number of nitrogens with two attached hydrogens (primary N) is 3. The van der Waals surface area contributed by atoms with Gasteiger partial charge in [-0.25, -0.2) is 16.8 Å². The molecular weight excluding hydrogens is 861 g/mol. The summed E-state index contributed by atoms with van der Waals surface area (Å²) in [6, 6.07) is 14.6. The van der Waals surface area contributed by atoms with Gasteiger partial charge < -0.3 is 41.9 Å². The SMILES string of the molecule is C=C(N)NS(=O)(=O)c1ccc(N/C=C2/c3c(cc(C)c(-c4c(C)cc5c(c4O)/C(=C/Nc4ccc(S(=O)(=O)CC(N)=[NH2+])cc4)C(=O)C(O)=C5C(C)C)c3O)C(C(C)C)=C(O)C2O)cc1. The first-order valence-corrected chi connectivity index (χ1v) is 23.0. The maximum atomic E-state index is 14.0. The van der Waals surface area contributed by atoms with E-state index in [1.165, 1.54) is 60.9 Å². The van der Waals surface area contributed by atoms with Gasteiger partial charge in [-0.15, -0.1) is 0 Å². The van der Waals surface area contributed by atoms with Gasteiger partial charge in [0.25, 0.3) is 15.9 Å². The van der Waals surface area contributed by atoms with E-state index >= 15 is 0 Å². The van der Waals surface area contributed by atoms with Crippen LogP contribution in [0.5, 0.6) is 11.5 Å². The molecule has 4 aromatic rings. The molecule has 0 heterocycles. The molecule has 2 aliphatic carbocycles. The van der Waals surface area contributed by atoms with Crippen molar-refractivity contribution < 1.29 is 52.6 Å². The van der Waals surface area contributed by atoms with Gasteiger partial charge >= 0.3 is 0 Å². The molecule has 0 aromatic heterocycles. The zero-order valence-corrected chi connectivity index (χ0v) is 37.5. The number of carbonyl (C=O) groups is 1. The van der Waals surface area contributed by atoms with E-state index in [2.05, 4.69) is 21.9 Å². The Morgan fingerprint density at radius 3 is 1.70 bits per heavy atom. The number of allylic oxidation sites excluding steroid dienone is 3. The fourth-order valence-corrected chi connectivity index (χ4v) is 10.2. The lowest BCUT2D eigenvalue weighted by atomic mass is 9.75. The van der Waals surface area contributed by atoms with Gasteiger partial charge in [-0.3, -0.25) is 20.7 Å². The average Bonchev–Trinajstić information content (AvgIpc) is 3.19. The second-order valence-electron chi connectivity index (χ2n) is 16.2. The quantitative estimate of drug-likeness (QED) is 0.0493. The molecule has 0 saturated carbocycles. The van der Waals surface area contributed by atoms with E-state index in [1.807, 2.05) is 13.8 Å². The molecule has 1 unspecified atom stereocenters. The predicted molar refractivity (Wildman–Crippen MR) is 247 cm³/mol. The number of rotatable bonds is 13. The summed E-state index contributed by atoms with van der Waals surface area (Å²) in [6.07, 6.45) is 1.03. The molecule has 336 valence electrons. The van der Waals surface area contributed by atoms with Crippen LogP contribution in [0.4, 0.5) is 11.4 Å². The molecule has 0 amide bonds. The highest BCUT2D eigenvalue weighted by Crippen LogP contribution is 2.54. The molecule has 1 atom stereocenters. The zero-order valence-electron chi connectivity index (χ0n) is 35.9. The highest BCUT2D eigenvalue weighted by Gasteiger charge is 2.38. The number of Topliss-reactive ketones (excluding diaryl/α,β-unsaturated/α-hetero) is 1. The van der Waals surface area contributed by atoms with Crippen LogP contribution in [-0.4, -0.2) is 65.8 Å². The van der Waals surface area contributed by atoms with Gasteiger partial charge in [-0.1, -0.05) is 46.4 Å². The van der Waals surface area contributed by atoms with Crippen molar-refractivity contribution in [1.29, 1.82) is 0 Å². The van der Waals surface area contributed by atoms with E-state index in [0.29, 0.717) is 39.2 Å². The topological polar surface area (TPSA) is 300 Å². The summed E-state index contributed by atoms with van der Waals surface area (Å²) >= 11 is 0. The van der Waals surface area contributed by atoms with Crippen molar-refractivity contribution in [3.05, 3.63) is 130 Å². The van der Waals surface area contributed by atoms with Gasteiger partial charge in [0.1, 0.15) is 29.2 Å². The van der Waals surface area contributed by atoms with Crippen molar-refractivity contribution in [2.45, 2.75) is 57.4 Å². The van der Waals surface area contributed by atoms with Gasteiger partial charge in [0.15, 0.2) is 21.3 Å². The van der Waals surface area contributed by atoms with Crippen molar-refractivity contribution in [2.24, 2.45) is 23.3 Å². The van der Waals surface area contributed by atoms with E-state index in [9.17, 15) is 47.2 Å². The van der Waals surface area contributed by atoms with Crippen LogP contribution < -0.4 is 32.2 Å². The van der Waals surface area contributed by atoms with Crippen molar-refractivity contribution >= 4 is 65.1 Å². The standard InChI is InChI=1S/C46H50N6O10S2/c1-21(2)35-30-16-23(5)37(43(55)39(30)32(41(53)45(35)57)18-50-26-8-12-28(13-9-26)63(59,60)20-34(48)49)38-24(6)17-31-36(22(3)4)46(58)42(54)33(40(31)44(38)56)19-51-27-10-14-29(15-11-27)64(61,62)52-25(7)47/h8-19,21-22,42,50-52,54-58H,7,20,47H2,1-6H3,(H3,48,49)/p+1/b32-18-,33-19-. The number of phenolic OH excluding ortho intramolecular Hbond substituents is 2. The van der Waals surface area contributed by atoms with Crippen molar-refractivity contribution in [3.8, 4) is 22.6 Å². The summed E-state index contributed by atoms with van der Waals surface area (Å²) in [5.74, 6) is -4.22. The van der Waals surface area contributed by atoms with Gasteiger partial charge in [0.05, 0.1) is 15.4 Å². The van der Waals surface area contributed by atoms with Gasteiger partial charge in [0, 0.05) is 62.7 Å². The minimum atomic E-state index is -3.99. The second-order valence-corrected chi connectivity index (χ2v) is 19.9. The summed E-state index contributed by atoms with van der Waals surface area (Å²) in [7, 11) is -7.81. The van der Waals surface area contributed by atoms with E-state index < -0.39 is 49.0 Å². The molecule has 2 aliphatic rings. The summed E-state index contributed by atoms with van der Waals surface area (Å²) in [5.41, 5.74) is 14.4. The first kappa shape index (κ1) is 46.5. The molecule has 6 rings (SSSR count). The van der Waals surface area contributed by atoms with Crippen molar-refractivity contribution in [1.82, 2.24) is 4.72 Å². The number of carbonyl (C=O) groups excluding carboxylic acids is 1. The maximum absolute atomic E-state index is 14.0. The number of hydrogen-bond acceptors (Lipinski definition) is 13. The number of aromatic hydroxyl groups is 2. The Bertz CT molecular complexity index is 3000. The molecule has 0 saturated heterocycles. The van der Waals surface area contributed by atoms with E-state index in [4.69, 9.17) is 16.9 Å². The summed E-state index contributed by atoms with van der Waals surface area (Å²) in [6.45, 7) is 14.0. The molecule has 0 spiro atoms. The number of aliphatic hydroxyl groups is 3. The lowest BCUT2D eigenvalue weighted by Gasteiger charge is -2.32. The third-order valence-electron chi connectivity index (χ3n) is 10.9. The van der Waals surface area contributed by atoms with E-state index in [1.54, 1.807) is 39.8 Å². The molecule has 0 aliphatic heterocycles. The smallest absolute Gasteiger partial charge is 0.262 e. The highest BCUT2D eigenvalue weighted by molar-refractivity contribution is 7.92. The molecule has 0 radical (unpaired) electrons. The van der Waals surface area contributed by atoms with Crippen LogP contribution in [0.15, 0.2) is 107 Å². The number of aliphatic hydroxyl groups excluding tert-OH is 3. The molecule has 16 nitrogen and oxygen atoms in total. The van der Waals surface area contributed by atoms with Crippen LogP contribution in [0.1, 0.15) is 61.1 Å². The Hall–Kier alpha value is -7.02. The lowest BCUT2D eigenvalue weighted by molar-refractivity contribution is -0.115. The van der Waals surface area contributed by atoms with E-state index in [-0.39, 0.29) is 83.8 Å². The normalized spacial score (nSPS) is 16.6. The first-order chi connectivity index (χ1) is 29.9. The van der Waals surface area contributed by atoms with Crippen LogP contribution in [0.2, 0.25) is 0 Å². The number of amidine groups is 1. The molecule has 0 bridgehead atoms. The number of sulfonamides is 1. The number of hydrogen-bond donors (Lipinski definition) is 11. The zero-order chi connectivity index (χ0) is 47.3. The van der Waals surface area contributed by atoms with Crippen LogP contribution >= 0.6 is 0 Å².